The van der Waals surface area contributed by atoms with Crippen LogP contribution < -0.4 is 20.9 Å². The van der Waals surface area contributed by atoms with Crippen molar-refractivity contribution in [3.63, 3.8) is 0 Å². The molecule has 2 fully saturated rings. The van der Waals surface area contributed by atoms with Gasteiger partial charge in [-0.3, -0.25) is 4.79 Å². The molecule has 310 valence electrons. The zero-order valence-corrected chi connectivity index (χ0v) is 35.9. The topological polar surface area (TPSA) is 202 Å². The summed E-state index contributed by atoms with van der Waals surface area (Å²) in [6.45, 7) is 9.17. The molecule has 16 nitrogen and oxygen atoms in total. The van der Waals surface area contributed by atoms with Crippen molar-refractivity contribution < 1.29 is 22.7 Å². The van der Waals surface area contributed by atoms with Crippen molar-refractivity contribution in [1.29, 1.82) is 0 Å². The van der Waals surface area contributed by atoms with Gasteiger partial charge >= 0.3 is 0 Å². The van der Waals surface area contributed by atoms with Crippen molar-refractivity contribution in [1.82, 2.24) is 43.5 Å². The van der Waals surface area contributed by atoms with Crippen LogP contribution in [0, 0.1) is 26.2 Å². The van der Waals surface area contributed by atoms with Gasteiger partial charge < -0.3 is 30.4 Å². The number of aryl methyl sites for hydroxylation is 2. The number of amides is 1. The number of methoxy groups -OCH3 is 2. The van der Waals surface area contributed by atoms with Gasteiger partial charge in [-0.1, -0.05) is 18.7 Å². The van der Waals surface area contributed by atoms with E-state index < -0.39 is 10.0 Å². The number of rotatable bonds is 8. The number of nitrogens with two attached hydrogens (primary N) is 2. The fourth-order valence-electron chi connectivity index (χ4n) is 7.85. The number of fused-ring (bicyclic) bond motifs is 4. The maximum Gasteiger partial charge on any atom is 0.298 e. The molecule has 2 aliphatic heterocycles. The number of anilines is 2. The molecule has 0 atom stereocenters. The van der Waals surface area contributed by atoms with Crippen LogP contribution in [0.1, 0.15) is 23.2 Å². The second-order valence-corrected chi connectivity index (χ2v) is 18.8. The second kappa shape index (κ2) is 15.1. The van der Waals surface area contributed by atoms with Crippen molar-refractivity contribution in [3.8, 4) is 44.9 Å². The van der Waals surface area contributed by atoms with Gasteiger partial charge in [-0.15, -0.1) is 29.1 Å². The Morgan fingerprint density at radius 3 is 2.00 bits per heavy atom. The minimum atomic E-state index is -3.42. The number of ether oxygens (including phenoxy) is 2. The van der Waals surface area contributed by atoms with Crippen LogP contribution in [0.5, 0.6) is 11.5 Å². The molecule has 19 heteroatoms. The van der Waals surface area contributed by atoms with Crippen molar-refractivity contribution in [2.24, 2.45) is 0 Å². The first-order valence-electron chi connectivity index (χ1n) is 19.0. The van der Waals surface area contributed by atoms with Gasteiger partial charge in [0.1, 0.15) is 47.1 Å². The first-order chi connectivity index (χ1) is 29.3. The smallest absolute Gasteiger partial charge is 0.298 e. The van der Waals surface area contributed by atoms with Crippen LogP contribution in [-0.4, -0.2) is 98.2 Å². The quantitative estimate of drug-likeness (QED) is 0.165. The normalized spacial score (nSPS) is 14.8. The lowest BCUT2D eigenvalue weighted by Crippen LogP contribution is -2.50. The average molecular weight is 874 g/mol. The summed E-state index contributed by atoms with van der Waals surface area (Å²) < 4.78 is 42.5. The number of hydrogen-bond acceptors (Lipinski definition) is 14. The lowest BCUT2D eigenvalue weighted by atomic mass is 10.1. The summed E-state index contributed by atoms with van der Waals surface area (Å²) >= 11 is 3.21. The lowest BCUT2D eigenvalue weighted by molar-refractivity contribution is -0.130. The number of aromatic nitrogens is 7. The Kier molecular flexibility index (Phi) is 9.90. The molecule has 1 amide bonds. The van der Waals surface area contributed by atoms with Crippen LogP contribution in [0.4, 0.5) is 11.6 Å². The molecule has 61 heavy (non-hydrogen) atoms. The molecule has 2 saturated heterocycles. The van der Waals surface area contributed by atoms with Crippen LogP contribution >= 0.6 is 22.7 Å². The summed E-state index contributed by atoms with van der Waals surface area (Å²) in [6.07, 6.45) is 10.1. The Balaban J connectivity index is 0.000000156. The molecule has 0 saturated carbocycles. The number of benzene rings is 2. The van der Waals surface area contributed by atoms with Crippen molar-refractivity contribution in [2.45, 2.75) is 25.9 Å². The number of nitrogens with zero attached hydrogens (tertiary/aromatic N) is 9. The Morgan fingerprint density at radius 2 is 1.41 bits per heavy atom. The van der Waals surface area contributed by atoms with Gasteiger partial charge in [-0.05, 0) is 65.9 Å². The highest BCUT2D eigenvalue weighted by molar-refractivity contribution is 7.92. The third-order valence-electron chi connectivity index (χ3n) is 11.0. The summed E-state index contributed by atoms with van der Waals surface area (Å²) in [6, 6.07) is 12.4. The standard InChI is InChI=1S/C21H18N6O2S.C21H21N5O3S2/c1-4-16(28)26-8-13(9-26)27-21-17(20(22)23-10-24-21)18(25-27)15-7-12-5-11(2)6-14(29-3)19(12)30-15;1-4-31(27,28)25-8-14(9-25)26-10-15(18-20(22)23-11-24-21(18)26)17-7-13-5-12(2)6-16(29-3)19(13)30-17/h1,5-7,10,13H,8-9H2,2-3H3,(H2,22,23,24);4-7,10-11,14H,1,8-9H2,2-3H3,(H2,22,23,24). The predicted molar refractivity (Wildman–Crippen MR) is 240 cm³/mol. The van der Waals surface area contributed by atoms with Crippen LogP contribution in [0.3, 0.4) is 0 Å². The molecule has 2 aliphatic rings. The van der Waals surface area contributed by atoms with Crippen LogP contribution in [0.2, 0.25) is 0 Å². The summed E-state index contributed by atoms with van der Waals surface area (Å²) in [4.78, 5) is 32.5. The number of carbonyl (C=O) groups is 1. The molecule has 0 bridgehead atoms. The van der Waals surface area contributed by atoms with E-state index in [1.165, 1.54) is 17.0 Å². The number of carbonyl (C=O) groups excluding carboxylic acids is 1. The Morgan fingerprint density at radius 1 is 0.836 bits per heavy atom. The van der Waals surface area contributed by atoms with Crippen molar-refractivity contribution in [2.75, 3.05) is 51.9 Å². The van der Waals surface area contributed by atoms with Crippen molar-refractivity contribution in [3.05, 3.63) is 78.4 Å². The number of terminal acetylenes is 1. The highest BCUT2D eigenvalue weighted by Crippen LogP contribution is 2.45. The molecular weight excluding hydrogens is 835 g/mol. The maximum atomic E-state index is 12.0. The zero-order valence-electron chi connectivity index (χ0n) is 33.5. The zero-order chi connectivity index (χ0) is 42.9. The average Bonchev–Trinajstić information content (AvgIpc) is 4.00. The molecule has 0 unspecified atom stereocenters. The molecule has 0 radical (unpaired) electrons. The molecule has 0 spiro atoms. The molecule has 4 N–H and O–H groups in total. The second-order valence-electron chi connectivity index (χ2n) is 14.8. The summed E-state index contributed by atoms with van der Waals surface area (Å²) in [5.41, 5.74) is 17.7. The van der Waals surface area contributed by atoms with E-state index in [0.717, 1.165) is 74.6 Å². The molecule has 2 aromatic carbocycles. The van der Waals surface area contributed by atoms with E-state index in [-0.39, 0.29) is 18.0 Å². The molecule has 8 heterocycles. The first-order valence-corrected chi connectivity index (χ1v) is 22.1. The maximum absolute atomic E-state index is 12.0. The predicted octanol–water partition coefficient (Wildman–Crippen LogP) is 6.17. The highest BCUT2D eigenvalue weighted by atomic mass is 32.2. The largest absolute Gasteiger partial charge is 0.495 e. The summed E-state index contributed by atoms with van der Waals surface area (Å²) in [5.74, 6) is 4.27. The number of nitrogen functional groups attached to an aromatic ring is 2. The lowest BCUT2D eigenvalue weighted by Gasteiger charge is -2.38. The minimum absolute atomic E-state index is 0.0148. The number of likely N-dealkylation sites (tertiary alicyclic amines) is 1. The van der Waals surface area contributed by atoms with E-state index in [1.807, 2.05) is 41.4 Å². The molecule has 8 aromatic rings. The summed E-state index contributed by atoms with van der Waals surface area (Å²) in [7, 11) is -0.0821. The third-order valence-corrected chi connectivity index (χ3v) is 14.8. The summed E-state index contributed by atoms with van der Waals surface area (Å²) in [5, 5.41) is 9.49. The van der Waals surface area contributed by atoms with E-state index in [1.54, 1.807) is 41.8 Å². The van der Waals surface area contributed by atoms with Gasteiger partial charge in [0.15, 0.2) is 5.65 Å². The number of sulfonamides is 1. The van der Waals surface area contributed by atoms with Gasteiger partial charge in [-0.25, -0.2) is 33.0 Å². The van der Waals surface area contributed by atoms with Gasteiger partial charge in [0.25, 0.3) is 5.91 Å². The van der Waals surface area contributed by atoms with E-state index in [9.17, 15) is 13.2 Å². The van der Waals surface area contributed by atoms with E-state index >= 15 is 0 Å². The van der Waals surface area contributed by atoms with Crippen molar-refractivity contribution >= 4 is 92.5 Å². The van der Waals surface area contributed by atoms with Gasteiger partial charge in [0.2, 0.25) is 10.0 Å². The molecule has 6 aromatic heterocycles. The Hall–Kier alpha value is -6.59. The van der Waals surface area contributed by atoms with Crippen LogP contribution in [0.25, 0.3) is 63.3 Å². The van der Waals surface area contributed by atoms with Gasteiger partial charge in [-0.2, -0.15) is 9.40 Å². The third kappa shape index (κ3) is 6.77. The molecular formula is C42H39N11O5S3. The minimum Gasteiger partial charge on any atom is -0.495 e. The Labute approximate surface area is 358 Å². The van der Waals surface area contributed by atoms with E-state index in [2.05, 4.69) is 56.7 Å². The monoisotopic (exact) mass is 873 g/mol. The van der Waals surface area contributed by atoms with E-state index in [4.69, 9.17) is 32.5 Å². The SMILES string of the molecule is C#CC(=O)N1CC(n2nc(-c3cc4cc(C)cc(OC)c4s3)c3c(N)ncnc32)C1.C=CS(=O)(=O)N1CC(n2cc(-c3cc4cc(C)cc(OC)c4s3)c3c(N)ncnc32)C1. The van der Waals surface area contributed by atoms with Crippen LogP contribution in [0.15, 0.2) is 67.2 Å². The molecule has 10 rings (SSSR count). The van der Waals surface area contributed by atoms with E-state index in [0.29, 0.717) is 54.5 Å². The Bertz CT molecular complexity index is 3240. The van der Waals surface area contributed by atoms with Gasteiger partial charge in [0.05, 0.1) is 51.4 Å². The first kappa shape index (κ1) is 39.8. The number of hydrogen-bond donors (Lipinski definition) is 2. The van der Waals surface area contributed by atoms with Crippen LogP contribution in [-0.2, 0) is 14.8 Å². The number of thiophene rings is 2. The fraction of sp³-hybridized carbons (Fsp3) is 0.238. The highest BCUT2D eigenvalue weighted by Gasteiger charge is 2.37. The van der Waals surface area contributed by atoms with Gasteiger partial charge in [0, 0.05) is 48.2 Å². The molecule has 0 aliphatic carbocycles. The fourth-order valence-corrected chi connectivity index (χ4v) is 11.1.